The Balaban J connectivity index is 1.53. The van der Waals surface area contributed by atoms with Crippen molar-refractivity contribution in [1.82, 2.24) is 19.9 Å². The summed E-state index contributed by atoms with van der Waals surface area (Å²) in [7, 11) is 2.18. The number of aromatic nitrogens is 3. The van der Waals surface area contributed by atoms with Crippen molar-refractivity contribution < 1.29 is 4.79 Å². The van der Waals surface area contributed by atoms with Crippen LogP contribution < -0.4 is 0 Å². The number of nitrogens with one attached hydrogen (secondary N) is 1. The molecule has 0 unspecified atom stereocenters. The Bertz CT molecular complexity index is 895. The van der Waals surface area contributed by atoms with E-state index in [1.807, 2.05) is 12.1 Å². The SMILES string of the molecule is CN1CCC(c2c[nH]c3ccc(C(=O)CCc4cncnc4)cc23)CC1. The van der Waals surface area contributed by atoms with Gasteiger partial charge in [-0.2, -0.15) is 0 Å². The number of nitrogens with zero attached hydrogens (tertiary/aromatic N) is 3. The summed E-state index contributed by atoms with van der Waals surface area (Å²) in [5.74, 6) is 0.748. The van der Waals surface area contributed by atoms with Crippen molar-refractivity contribution in [3.8, 4) is 0 Å². The predicted octanol–water partition coefficient (Wildman–Crippen LogP) is 3.58. The van der Waals surface area contributed by atoms with Crippen LogP contribution in [0.1, 0.15) is 46.7 Å². The van der Waals surface area contributed by atoms with E-state index in [-0.39, 0.29) is 5.78 Å². The van der Waals surface area contributed by atoms with Crippen LogP contribution in [0.15, 0.2) is 43.1 Å². The molecule has 0 saturated carbocycles. The summed E-state index contributed by atoms with van der Waals surface area (Å²) in [6, 6.07) is 6.04. The zero-order chi connectivity index (χ0) is 17.9. The third-order valence-corrected chi connectivity index (χ3v) is 5.45. The number of carbonyl (C=O) groups excluding carboxylic acids is 1. The Hall–Kier alpha value is -2.53. The first-order valence-electron chi connectivity index (χ1n) is 9.27. The van der Waals surface area contributed by atoms with Gasteiger partial charge in [-0.05, 0) is 74.6 Å². The molecule has 0 aliphatic carbocycles. The highest BCUT2D eigenvalue weighted by molar-refractivity contribution is 6.00. The molecule has 1 aliphatic heterocycles. The van der Waals surface area contributed by atoms with E-state index in [2.05, 4.69) is 39.2 Å². The molecule has 1 aliphatic rings. The second-order valence-electron chi connectivity index (χ2n) is 7.25. The van der Waals surface area contributed by atoms with Crippen molar-refractivity contribution in [3.63, 3.8) is 0 Å². The van der Waals surface area contributed by atoms with Gasteiger partial charge in [0.05, 0.1) is 0 Å². The number of hydrogen-bond acceptors (Lipinski definition) is 4. The number of rotatable bonds is 5. The number of aryl methyl sites for hydroxylation is 1. The first-order chi connectivity index (χ1) is 12.7. The summed E-state index contributed by atoms with van der Waals surface area (Å²) >= 11 is 0. The van der Waals surface area contributed by atoms with E-state index in [9.17, 15) is 4.79 Å². The number of fused-ring (bicyclic) bond motifs is 1. The molecule has 3 heterocycles. The van der Waals surface area contributed by atoms with Crippen LogP contribution in [0.5, 0.6) is 0 Å². The van der Waals surface area contributed by atoms with Gasteiger partial charge in [0.2, 0.25) is 0 Å². The van der Waals surface area contributed by atoms with Gasteiger partial charge in [-0.25, -0.2) is 9.97 Å². The van der Waals surface area contributed by atoms with E-state index in [0.717, 1.165) is 29.7 Å². The molecule has 134 valence electrons. The number of benzene rings is 1. The molecular formula is C21H24N4O. The minimum atomic E-state index is 0.172. The molecule has 1 saturated heterocycles. The van der Waals surface area contributed by atoms with E-state index in [0.29, 0.717) is 18.8 Å². The molecule has 4 rings (SSSR count). The van der Waals surface area contributed by atoms with Crippen LogP contribution in [-0.2, 0) is 6.42 Å². The van der Waals surface area contributed by atoms with Crippen molar-refractivity contribution in [3.05, 3.63) is 59.8 Å². The fraction of sp³-hybridized carbons (Fsp3) is 0.381. The Kier molecular flexibility index (Phi) is 4.80. The number of H-pyrrole nitrogens is 1. The van der Waals surface area contributed by atoms with Crippen molar-refractivity contribution in [1.29, 1.82) is 0 Å². The molecular weight excluding hydrogens is 324 g/mol. The van der Waals surface area contributed by atoms with Gasteiger partial charge < -0.3 is 9.88 Å². The molecule has 26 heavy (non-hydrogen) atoms. The second kappa shape index (κ2) is 7.38. The molecule has 2 aromatic heterocycles. The summed E-state index contributed by atoms with van der Waals surface area (Å²) in [5.41, 5.74) is 4.27. The van der Waals surface area contributed by atoms with Gasteiger partial charge in [0.15, 0.2) is 5.78 Å². The molecule has 3 aromatic rings. The number of ketones is 1. The maximum Gasteiger partial charge on any atom is 0.163 e. The van der Waals surface area contributed by atoms with Crippen LogP contribution in [0, 0.1) is 0 Å². The number of Topliss-reactive ketones (excluding diaryl/α,β-unsaturated/α-hetero) is 1. The first-order valence-corrected chi connectivity index (χ1v) is 9.27. The smallest absolute Gasteiger partial charge is 0.163 e. The molecule has 5 nitrogen and oxygen atoms in total. The number of hydrogen-bond donors (Lipinski definition) is 1. The number of aromatic amines is 1. The monoisotopic (exact) mass is 348 g/mol. The summed E-state index contributed by atoms with van der Waals surface area (Å²) in [5, 5.41) is 1.20. The highest BCUT2D eigenvalue weighted by Gasteiger charge is 2.21. The molecule has 0 spiro atoms. The molecule has 0 amide bonds. The summed E-state index contributed by atoms with van der Waals surface area (Å²) in [4.78, 5) is 26.4. The van der Waals surface area contributed by atoms with E-state index in [1.165, 1.54) is 30.1 Å². The van der Waals surface area contributed by atoms with Gasteiger partial charge in [-0.3, -0.25) is 4.79 Å². The van der Waals surface area contributed by atoms with Crippen LogP contribution in [-0.4, -0.2) is 45.8 Å². The zero-order valence-corrected chi connectivity index (χ0v) is 15.1. The minimum absolute atomic E-state index is 0.172. The van der Waals surface area contributed by atoms with Crippen molar-refractivity contribution >= 4 is 16.7 Å². The molecule has 0 atom stereocenters. The predicted molar refractivity (Wildman–Crippen MR) is 102 cm³/mol. The zero-order valence-electron chi connectivity index (χ0n) is 15.1. The lowest BCUT2D eigenvalue weighted by molar-refractivity contribution is 0.0983. The fourth-order valence-electron chi connectivity index (χ4n) is 3.83. The lowest BCUT2D eigenvalue weighted by Gasteiger charge is -2.28. The van der Waals surface area contributed by atoms with Gasteiger partial charge >= 0.3 is 0 Å². The van der Waals surface area contributed by atoms with Crippen LogP contribution in [0.25, 0.3) is 10.9 Å². The van der Waals surface area contributed by atoms with Gasteiger partial charge in [0.25, 0.3) is 0 Å². The van der Waals surface area contributed by atoms with E-state index in [1.54, 1.807) is 12.4 Å². The number of likely N-dealkylation sites (tertiary alicyclic amines) is 1. The Morgan fingerprint density at radius 3 is 2.77 bits per heavy atom. The summed E-state index contributed by atoms with van der Waals surface area (Å²) in [6.07, 6.45) is 10.7. The summed E-state index contributed by atoms with van der Waals surface area (Å²) < 4.78 is 0. The molecule has 1 fully saturated rings. The van der Waals surface area contributed by atoms with Gasteiger partial charge in [0.1, 0.15) is 6.33 Å². The normalized spacial score (nSPS) is 16.2. The minimum Gasteiger partial charge on any atom is -0.361 e. The third-order valence-electron chi connectivity index (χ3n) is 5.45. The van der Waals surface area contributed by atoms with Crippen LogP contribution in [0.3, 0.4) is 0 Å². The van der Waals surface area contributed by atoms with Gasteiger partial charge in [-0.1, -0.05) is 0 Å². The maximum absolute atomic E-state index is 12.7. The lowest BCUT2D eigenvalue weighted by atomic mass is 9.89. The first kappa shape index (κ1) is 16.9. The Morgan fingerprint density at radius 2 is 2.00 bits per heavy atom. The lowest BCUT2D eigenvalue weighted by Crippen LogP contribution is -2.29. The van der Waals surface area contributed by atoms with Crippen molar-refractivity contribution in [2.45, 2.75) is 31.6 Å². The molecule has 5 heteroatoms. The largest absolute Gasteiger partial charge is 0.361 e. The number of carbonyl (C=O) groups is 1. The van der Waals surface area contributed by atoms with Gasteiger partial charge in [0, 0.05) is 41.5 Å². The Morgan fingerprint density at radius 1 is 1.23 bits per heavy atom. The van der Waals surface area contributed by atoms with Crippen LogP contribution >= 0.6 is 0 Å². The average Bonchev–Trinajstić information content (AvgIpc) is 3.11. The van der Waals surface area contributed by atoms with E-state index < -0.39 is 0 Å². The standard InChI is InChI=1S/C21H24N4O/c1-25-8-6-16(7-9-25)19-13-24-20-4-3-17(10-18(19)20)21(26)5-2-15-11-22-14-23-12-15/h3-4,10-14,16,24H,2,5-9H2,1H3. The maximum atomic E-state index is 12.7. The van der Waals surface area contributed by atoms with Crippen LogP contribution in [0.2, 0.25) is 0 Å². The average molecular weight is 348 g/mol. The van der Waals surface area contributed by atoms with E-state index in [4.69, 9.17) is 0 Å². The molecule has 1 aromatic carbocycles. The highest BCUT2D eigenvalue weighted by atomic mass is 16.1. The molecule has 0 bridgehead atoms. The Labute approximate surface area is 153 Å². The van der Waals surface area contributed by atoms with E-state index >= 15 is 0 Å². The second-order valence-corrected chi connectivity index (χ2v) is 7.25. The molecule has 0 radical (unpaired) electrons. The van der Waals surface area contributed by atoms with Crippen molar-refractivity contribution in [2.75, 3.05) is 20.1 Å². The van der Waals surface area contributed by atoms with Crippen LogP contribution in [0.4, 0.5) is 0 Å². The fourth-order valence-corrected chi connectivity index (χ4v) is 3.83. The topological polar surface area (TPSA) is 61.9 Å². The van der Waals surface area contributed by atoms with Gasteiger partial charge in [-0.15, -0.1) is 0 Å². The third kappa shape index (κ3) is 3.53. The molecule has 1 N–H and O–H groups in total. The summed E-state index contributed by atoms with van der Waals surface area (Å²) in [6.45, 7) is 2.27. The number of piperidine rings is 1. The van der Waals surface area contributed by atoms with Crippen molar-refractivity contribution in [2.24, 2.45) is 0 Å². The quantitative estimate of drug-likeness (QED) is 0.716. The highest BCUT2D eigenvalue weighted by Crippen LogP contribution is 2.33.